The highest BCUT2D eigenvalue weighted by Gasteiger charge is 2.24. The van der Waals surface area contributed by atoms with Crippen LogP contribution in [0.2, 0.25) is 0 Å². The molecule has 1 atom stereocenters. The molecule has 0 radical (unpaired) electrons. The van der Waals surface area contributed by atoms with Crippen molar-refractivity contribution in [2.75, 3.05) is 6.54 Å². The first kappa shape index (κ1) is 16.1. The van der Waals surface area contributed by atoms with E-state index in [1.165, 1.54) is 12.1 Å². The smallest absolute Gasteiger partial charge is 0.162 e. The van der Waals surface area contributed by atoms with Crippen LogP contribution in [-0.2, 0) is 6.42 Å². The summed E-state index contributed by atoms with van der Waals surface area (Å²) in [5.41, 5.74) is -0.881. The number of hydrogen-bond donors (Lipinski definition) is 2. The normalized spacial score (nSPS) is 15.3. The van der Waals surface area contributed by atoms with Crippen LogP contribution in [0.15, 0.2) is 18.2 Å². The molecule has 0 amide bonds. The van der Waals surface area contributed by atoms with Crippen LogP contribution < -0.4 is 5.32 Å². The van der Waals surface area contributed by atoms with E-state index in [0.717, 1.165) is 6.07 Å². The molecular formula is C15H23F2NO. The van der Waals surface area contributed by atoms with Gasteiger partial charge < -0.3 is 10.4 Å². The van der Waals surface area contributed by atoms with Gasteiger partial charge in [0.1, 0.15) is 0 Å². The van der Waals surface area contributed by atoms with Gasteiger partial charge in [-0.1, -0.05) is 12.1 Å². The molecule has 108 valence electrons. The van der Waals surface area contributed by atoms with E-state index in [9.17, 15) is 13.9 Å². The van der Waals surface area contributed by atoms with Gasteiger partial charge in [-0.2, -0.15) is 0 Å². The van der Waals surface area contributed by atoms with Gasteiger partial charge in [-0.05, 0) is 52.3 Å². The lowest BCUT2D eigenvalue weighted by Gasteiger charge is -2.27. The molecule has 0 heterocycles. The summed E-state index contributed by atoms with van der Waals surface area (Å²) in [4.78, 5) is 0. The van der Waals surface area contributed by atoms with Gasteiger partial charge in [0.2, 0.25) is 0 Å². The summed E-state index contributed by atoms with van der Waals surface area (Å²) in [6.07, 6.45) is 0.572. The minimum Gasteiger partial charge on any atom is -0.390 e. The Kier molecular flexibility index (Phi) is 5.04. The third-order valence-electron chi connectivity index (χ3n) is 2.92. The summed E-state index contributed by atoms with van der Waals surface area (Å²) in [7, 11) is 0. The average molecular weight is 271 g/mol. The second kappa shape index (κ2) is 5.97. The van der Waals surface area contributed by atoms with Crippen molar-refractivity contribution < 1.29 is 13.9 Å². The van der Waals surface area contributed by atoms with Gasteiger partial charge in [0.05, 0.1) is 5.60 Å². The number of benzene rings is 1. The summed E-state index contributed by atoms with van der Waals surface area (Å²) in [5, 5.41) is 13.5. The molecule has 19 heavy (non-hydrogen) atoms. The summed E-state index contributed by atoms with van der Waals surface area (Å²) in [5.74, 6) is -1.74. The zero-order chi connectivity index (χ0) is 14.7. The zero-order valence-corrected chi connectivity index (χ0v) is 12.1. The van der Waals surface area contributed by atoms with Crippen LogP contribution in [0.25, 0.3) is 0 Å². The maximum atomic E-state index is 13.5. The van der Waals surface area contributed by atoms with Crippen molar-refractivity contribution in [3.63, 3.8) is 0 Å². The first-order chi connectivity index (χ1) is 8.61. The Morgan fingerprint density at radius 3 is 2.37 bits per heavy atom. The molecule has 2 N–H and O–H groups in total. The third-order valence-corrected chi connectivity index (χ3v) is 2.92. The van der Waals surface area contributed by atoms with Gasteiger partial charge in [-0.3, -0.25) is 0 Å². The van der Waals surface area contributed by atoms with Crippen LogP contribution >= 0.6 is 0 Å². The van der Waals surface area contributed by atoms with E-state index < -0.39 is 17.2 Å². The molecule has 0 aliphatic rings. The van der Waals surface area contributed by atoms with Crippen LogP contribution in [0, 0.1) is 11.6 Å². The molecule has 0 aromatic heterocycles. The number of halogens is 2. The molecule has 0 aliphatic carbocycles. The highest BCUT2D eigenvalue weighted by atomic mass is 19.2. The molecule has 1 aromatic carbocycles. The molecule has 1 aromatic rings. The fourth-order valence-corrected chi connectivity index (χ4v) is 1.89. The molecule has 0 bridgehead atoms. The number of nitrogens with one attached hydrogen (secondary N) is 1. The van der Waals surface area contributed by atoms with E-state index in [2.05, 4.69) is 5.32 Å². The quantitative estimate of drug-likeness (QED) is 0.862. The SMILES string of the molecule is CC(O)(CCNC(C)(C)C)Cc1cccc(F)c1F. The zero-order valence-electron chi connectivity index (χ0n) is 12.1. The van der Waals surface area contributed by atoms with Gasteiger partial charge in [0.15, 0.2) is 11.6 Å². The number of hydrogen-bond acceptors (Lipinski definition) is 2. The largest absolute Gasteiger partial charge is 0.390 e. The van der Waals surface area contributed by atoms with E-state index in [1.807, 2.05) is 20.8 Å². The van der Waals surface area contributed by atoms with Gasteiger partial charge in [0, 0.05) is 12.0 Å². The molecule has 1 unspecified atom stereocenters. The van der Waals surface area contributed by atoms with Crippen molar-refractivity contribution in [2.45, 2.75) is 51.7 Å². The van der Waals surface area contributed by atoms with Crippen LogP contribution in [0.3, 0.4) is 0 Å². The second-order valence-electron chi connectivity index (χ2n) is 6.31. The van der Waals surface area contributed by atoms with Crippen molar-refractivity contribution in [1.82, 2.24) is 5.32 Å². The Balaban J connectivity index is 2.61. The monoisotopic (exact) mass is 271 g/mol. The molecule has 0 saturated heterocycles. The second-order valence-corrected chi connectivity index (χ2v) is 6.31. The summed E-state index contributed by atoms with van der Waals surface area (Å²) >= 11 is 0. The maximum absolute atomic E-state index is 13.5. The fourth-order valence-electron chi connectivity index (χ4n) is 1.89. The van der Waals surface area contributed by atoms with E-state index in [-0.39, 0.29) is 17.5 Å². The minimum atomic E-state index is -1.06. The van der Waals surface area contributed by atoms with Crippen molar-refractivity contribution >= 4 is 0 Å². The van der Waals surface area contributed by atoms with E-state index in [0.29, 0.717) is 13.0 Å². The lowest BCUT2D eigenvalue weighted by Crippen LogP contribution is -2.40. The first-order valence-corrected chi connectivity index (χ1v) is 6.51. The van der Waals surface area contributed by atoms with Crippen molar-refractivity contribution in [2.24, 2.45) is 0 Å². The summed E-state index contributed by atoms with van der Waals surface area (Å²) in [6, 6.07) is 4.04. The van der Waals surface area contributed by atoms with Crippen LogP contribution in [0.5, 0.6) is 0 Å². The predicted octanol–water partition coefficient (Wildman–Crippen LogP) is 3.04. The highest BCUT2D eigenvalue weighted by molar-refractivity contribution is 5.20. The molecule has 0 aliphatic heterocycles. The first-order valence-electron chi connectivity index (χ1n) is 6.51. The Hall–Kier alpha value is -1.00. The molecule has 0 saturated carbocycles. The number of aliphatic hydroxyl groups is 1. The van der Waals surface area contributed by atoms with Gasteiger partial charge in [-0.15, -0.1) is 0 Å². The Labute approximate surface area is 113 Å². The van der Waals surface area contributed by atoms with Gasteiger partial charge in [-0.25, -0.2) is 8.78 Å². The molecule has 2 nitrogen and oxygen atoms in total. The lowest BCUT2D eigenvalue weighted by molar-refractivity contribution is 0.0489. The van der Waals surface area contributed by atoms with Crippen molar-refractivity contribution in [3.8, 4) is 0 Å². The maximum Gasteiger partial charge on any atom is 0.162 e. The minimum absolute atomic E-state index is 0.0276. The summed E-state index contributed by atoms with van der Waals surface area (Å²) in [6.45, 7) is 8.37. The number of rotatable bonds is 5. The Morgan fingerprint density at radius 1 is 1.16 bits per heavy atom. The van der Waals surface area contributed by atoms with Crippen LogP contribution in [-0.4, -0.2) is 22.8 Å². The van der Waals surface area contributed by atoms with Crippen molar-refractivity contribution in [3.05, 3.63) is 35.4 Å². The van der Waals surface area contributed by atoms with E-state index in [1.54, 1.807) is 6.92 Å². The highest BCUT2D eigenvalue weighted by Crippen LogP contribution is 2.20. The lowest BCUT2D eigenvalue weighted by atomic mass is 9.92. The molecule has 1 rings (SSSR count). The van der Waals surface area contributed by atoms with Gasteiger partial charge >= 0.3 is 0 Å². The molecule has 0 fully saturated rings. The van der Waals surface area contributed by atoms with Crippen molar-refractivity contribution in [1.29, 1.82) is 0 Å². The average Bonchev–Trinajstić information content (AvgIpc) is 2.22. The van der Waals surface area contributed by atoms with E-state index in [4.69, 9.17) is 0 Å². The molecule has 4 heteroatoms. The van der Waals surface area contributed by atoms with Crippen LogP contribution in [0.4, 0.5) is 8.78 Å². The fraction of sp³-hybridized carbons (Fsp3) is 0.600. The van der Waals surface area contributed by atoms with E-state index >= 15 is 0 Å². The Morgan fingerprint density at radius 2 is 1.79 bits per heavy atom. The molecule has 0 spiro atoms. The Bertz CT molecular complexity index is 425. The topological polar surface area (TPSA) is 32.3 Å². The molecular weight excluding hydrogens is 248 g/mol. The van der Waals surface area contributed by atoms with Crippen LogP contribution in [0.1, 0.15) is 39.7 Å². The predicted molar refractivity (Wildman–Crippen MR) is 73.1 cm³/mol. The summed E-state index contributed by atoms with van der Waals surface area (Å²) < 4.78 is 26.6. The van der Waals surface area contributed by atoms with Gasteiger partial charge in [0.25, 0.3) is 0 Å². The third kappa shape index (κ3) is 5.66. The standard InChI is InChI=1S/C15H23F2NO/c1-14(2,3)18-9-8-15(4,19)10-11-6-5-7-12(16)13(11)17/h5-7,18-19H,8-10H2,1-4H3.